The van der Waals surface area contributed by atoms with Gasteiger partial charge in [0, 0.05) is 24.6 Å². The van der Waals surface area contributed by atoms with Gasteiger partial charge in [-0.1, -0.05) is 13.8 Å². The molecule has 0 fully saturated rings. The van der Waals surface area contributed by atoms with Gasteiger partial charge >= 0.3 is 0 Å². The largest absolute Gasteiger partial charge is 0.441 e. The van der Waals surface area contributed by atoms with Crippen LogP contribution in [0.15, 0.2) is 22.6 Å². The van der Waals surface area contributed by atoms with Gasteiger partial charge in [-0.05, 0) is 31.0 Å². The summed E-state index contributed by atoms with van der Waals surface area (Å²) in [6.07, 6.45) is 1.91. The lowest BCUT2D eigenvalue weighted by Crippen LogP contribution is -2.32. The highest BCUT2D eigenvalue weighted by Gasteiger charge is 2.24. The Balaban J connectivity index is 2.12. The molecule has 1 heterocycles. The number of fused-ring (bicyclic) bond motifs is 1. The summed E-state index contributed by atoms with van der Waals surface area (Å²) in [5.74, 6) is 0.680. The van der Waals surface area contributed by atoms with Crippen LogP contribution < -0.4 is 5.32 Å². The molecule has 1 aromatic heterocycles. The molecule has 0 bridgehead atoms. The average molecular weight is 262 g/mol. The molecule has 0 amide bonds. The van der Waals surface area contributed by atoms with Gasteiger partial charge in [0.2, 0.25) is 0 Å². The van der Waals surface area contributed by atoms with Crippen LogP contribution in [-0.4, -0.2) is 23.2 Å². The molecule has 104 valence electrons. The minimum atomic E-state index is -0.0469. The molecule has 0 unspecified atom stereocenters. The summed E-state index contributed by atoms with van der Waals surface area (Å²) in [4.78, 5) is 4.32. The third kappa shape index (κ3) is 2.89. The standard InChI is InChI=1S/C15H22N2O2/c1-4-15(5-2,10-18)9-16-12-6-7-14-13(8-12)17-11(3)19-14/h6-8,16,18H,4-5,9-10H2,1-3H3. The van der Waals surface area contributed by atoms with Gasteiger partial charge in [-0.15, -0.1) is 0 Å². The Kier molecular flexibility index (Phi) is 4.10. The Hall–Kier alpha value is -1.55. The lowest BCUT2D eigenvalue weighted by atomic mass is 9.83. The fraction of sp³-hybridized carbons (Fsp3) is 0.533. The predicted octanol–water partition coefficient (Wildman–Crippen LogP) is 3.35. The van der Waals surface area contributed by atoms with Crippen molar-refractivity contribution in [3.05, 3.63) is 24.1 Å². The fourth-order valence-electron chi connectivity index (χ4n) is 2.22. The molecule has 0 aliphatic carbocycles. The van der Waals surface area contributed by atoms with E-state index in [1.54, 1.807) is 0 Å². The molecule has 0 saturated heterocycles. The molecule has 0 aliphatic heterocycles. The van der Waals surface area contributed by atoms with E-state index in [9.17, 15) is 5.11 Å². The first-order valence-electron chi connectivity index (χ1n) is 6.84. The maximum Gasteiger partial charge on any atom is 0.192 e. The third-order valence-corrected chi connectivity index (χ3v) is 4.00. The number of anilines is 1. The van der Waals surface area contributed by atoms with Gasteiger partial charge in [-0.3, -0.25) is 0 Å². The number of aliphatic hydroxyl groups excluding tert-OH is 1. The fourth-order valence-corrected chi connectivity index (χ4v) is 2.22. The molecule has 4 heteroatoms. The van der Waals surface area contributed by atoms with E-state index in [1.165, 1.54) is 0 Å². The Labute approximate surface area is 113 Å². The van der Waals surface area contributed by atoms with Crippen molar-refractivity contribution in [2.24, 2.45) is 5.41 Å². The van der Waals surface area contributed by atoms with E-state index < -0.39 is 0 Å². The number of aliphatic hydroxyl groups is 1. The van der Waals surface area contributed by atoms with Crippen LogP contribution in [0, 0.1) is 12.3 Å². The van der Waals surface area contributed by atoms with Gasteiger partial charge < -0.3 is 14.8 Å². The third-order valence-electron chi connectivity index (χ3n) is 4.00. The highest BCUT2D eigenvalue weighted by molar-refractivity contribution is 5.77. The number of benzene rings is 1. The van der Waals surface area contributed by atoms with Crippen molar-refractivity contribution in [3.8, 4) is 0 Å². The Morgan fingerprint density at radius 3 is 2.68 bits per heavy atom. The molecule has 2 N–H and O–H groups in total. The van der Waals surface area contributed by atoms with Gasteiger partial charge in [-0.25, -0.2) is 4.98 Å². The van der Waals surface area contributed by atoms with Crippen LogP contribution in [0.25, 0.3) is 11.1 Å². The van der Waals surface area contributed by atoms with Crippen LogP contribution in [0.5, 0.6) is 0 Å². The smallest absolute Gasteiger partial charge is 0.192 e. The molecule has 0 radical (unpaired) electrons. The maximum atomic E-state index is 9.56. The molecule has 0 spiro atoms. The van der Waals surface area contributed by atoms with Gasteiger partial charge in [0.1, 0.15) is 5.52 Å². The van der Waals surface area contributed by atoms with Crippen molar-refractivity contribution in [1.29, 1.82) is 0 Å². The van der Waals surface area contributed by atoms with Gasteiger partial charge in [0.25, 0.3) is 0 Å². The molecular formula is C15H22N2O2. The topological polar surface area (TPSA) is 58.3 Å². The molecular weight excluding hydrogens is 240 g/mol. The van der Waals surface area contributed by atoms with Crippen molar-refractivity contribution in [2.75, 3.05) is 18.5 Å². The molecule has 2 aromatic rings. The normalized spacial score (nSPS) is 12.0. The molecule has 19 heavy (non-hydrogen) atoms. The first-order chi connectivity index (χ1) is 9.12. The van der Waals surface area contributed by atoms with Crippen LogP contribution in [0.1, 0.15) is 32.6 Å². The number of hydrogen-bond acceptors (Lipinski definition) is 4. The summed E-state index contributed by atoms with van der Waals surface area (Å²) >= 11 is 0. The highest BCUT2D eigenvalue weighted by atomic mass is 16.3. The zero-order valence-corrected chi connectivity index (χ0v) is 11.9. The van der Waals surface area contributed by atoms with Gasteiger partial charge in [0.05, 0.1) is 6.61 Å². The lowest BCUT2D eigenvalue weighted by molar-refractivity contribution is 0.127. The summed E-state index contributed by atoms with van der Waals surface area (Å²) < 4.78 is 5.45. The monoisotopic (exact) mass is 262 g/mol. The molecule has 1 aromatic carbocycles. The van der Waals surface area contributed by atoms with Crippen LogP contribution in [0.2, 0.25) is 0 Å². The first-order valence-corrected chi connectivity index (χ1v) is 6.84. The summed E-state index contributed by atoms with van der Waals surface area (Å²) in [7, 11) is 0. The number of nitrogens with zero attached hydrogens (tertiary/aromatic N) is 1. The predicted molar refractivity (Wildman–Crippen MR) is 77.3 cm³/mol. The van der Waals surface area contributed by atoms with Crippen molar-refractivity contribution >= 4 is 16.8 Å². The van der Waals surface area contributed by atoms with E-state index in [2.05, 4.69) is 24.1 Å². The second-order valence-electron chi connectivity index (χ2n) is 5.13. The number of oxazole rings is 1. The minimum Gasteiger partial charge on any atom is -0.441 e. The molecule has 0 aliphatic rings. The zero-order chi connectivity index (χ0) is 13.9. The number of hydrogen-bond donors (Lipinski definition) is 2. The number of nitrogens with one attached hydrogen (secondary N) is 1. The Morgan fingerprint density at radius 1 is 1.32 bits per heavy atom. The molecule has 4 nitrogen and oxygen atoms in total. The summed E-state index contributed by atoms with van der Waals surface area (Å²) in [5, 5.41) is 13.0. The lowest BCUT2D eigenvalue weighted by Gasteiger charge is -2.30. The summed E-state index contributed by atoms with van der Waals surface area (Å²) in [5.41, 5.74) is 2.64. The first kappa shape index (κ1) is 13.9. The summed E-state index contributed by atoms with van der Waals surface area (Å²) in [6, 6.07) is 5.90. The second kappa shape index (κ2) is 5.61. The van der Waals surface area contributed by atoms with Crippen LogP contribution in [-0.2, 0) is 0 Å². The average Bonchev–Trinajstić information content (AvgIpc) is 2.80. The second-order valence-corrected chi connectivity index (χ2v) is 5.13. The summed E-state index contributed by atoms with van der Waals surface area (Å²) in [6.45, 7) is 7.05. The number of rotatable bonds is 6. The van der Waals surface area contributed by atoms with Crippen molar-refractivity contribution in [2.45, 2.75) is 33.6 Å². The van der Waals surface area contributed by atoms with E-state index in [0.717, 1.165) is 36.2 Å². The van der Waals surface area contributed by atoms with Crippen LogP contribution in [0.4, 0.5) is 5.69 Å². The highest BCUT2D eigenvalue weighted by Crippen LogP contribution is 2.27. The molecule has 0 saturated carbocycles. The molecule has 0 atom stereocenters. The van der Waals surface area contributed by atoms with E-state index in [0.29, 0.717) is 5.89 Å². The Bertz CT molecular complexity index is 536. The van der Waals surface area contributed by atoms with Crippen molar-refractivity contribution < 1.29 is 9.52 Å². The van der Waals surface area contributed by atoms with E-state index in [1.807, 2.05) is 25.1 Å². The number of aryl methyl sites for hydroxylation is 1. The van der Waals surface area contributed by atoms with Crippen LogP contribution >= 0.6 is 0 Å². The van der Waals surface area contributed by atoms with E-state index >= 15 is 0 Å². The van der Waals surface area contributed by atoms with Crippen LogP contribution in [0.3, 0.4) is 0 Å². The van der Waals surface area contributed by atoms with Crippen molar-refractivity contribution in [3.63, 3.8) is 0 Å². The quantitative estimate of drug-likeness (QED) is 0.838. The zero-order valence-electron chi connectivity index (χ0n) is 11.9. The van der Waals surface area contributed by atoms with Gasteiger partial charge in [0.15, 0.2) is 11.5 Å². The van der Waals surface area contributed by atoms with E-state index in [4.69, 9.17) is 4.42 Å². The maximum absolute atomic E-state index is 9.56. The molecule has 2 rings (SSSR count). The van der Waals surface area contributed by atoms with Crippen molar-refractivity contribution in [1.82, 2.24) is 4.98 Å². The van der Waals surface area contributed by atoms with E-state index in [-0.39, 0.29) is 12.0 Å². The SMILES string of the molecule is CCC(CC)(CO)CNc1ccc2oc(C)nc2c1. The number of aromatic nitrogens is 1. The van der Waals surface area contributed by atoms with Gasteiger partial charge in [-0.2, -0.15) is 0 Å². The Morgan fingerprint density at radius 2 is 2.05 bits per heavy atom. The minimum absolute atomic E-state index is 0.0469.